The topological polar surface area (TPSA) is 56.7 Å². The van der Waals surface area contributed by atoms with E-state index >= 15 is 0 Å². The van der Waals surface area contributed by atoms with Gasteiger partial charge in [-0.15, -0.1) is 0 Å². The normalized spacial score (nSPS) is 11.1. The van der Waals surface area contributed by atoms with Crippen molar-refractivity contribution in [2.75, 3.05) is 5.73 Å². The Hall–Kier alpha value is -2.07. The van der Waals surface area contributed by atoms with Gasteiger partial charge in [0.25, 0.3) is 0 Å². The Bertz CT molecular complexity index is 746. The number of hydrogen-bond acceptors (Lipinski definition) is 3. The van der Waals surface area contributed by atoms with Gasteiger partial charge in [-0.05, 0) is 43.2 Å². The molecule has 2 heterocycles. The van der Waals surface area contributed by atoms with Crippen molar-refractivity contribution in [1.82, 2.24) is 14.5 Å². The summed E-state index contributed by atoms with van der Waals surface area (Å²) in [5.41, 5.74) is 9.84. The molecule has 0 amide bonds. The van der Waals surface area contributed by atoms with Gasteiger partial charge in [-0.1, -0.05) is 23.7 Å². The third-order valence-electron chi connectivity index (χ3n) is 3.30. The van der Waals surface area contributed by atoms with E-state index in [4.69, 9.17) is 17.3 Å². The van der Waals surface area contributed by atoms with Crippen molar-refractivity contribution in [1.29, 1.82) is 0 Å². The summed E-state index contributed by atoms with van der Waals surface area (Å²) in [5.74, 6) is 0.507. The molecule has 5 heteroatoms. The van der Waals surface area contributed by atoms with Gasteiger partial charge in [0.15, 0.2) is 5.65 Å². The minimum absolute atomic E-state index is 0.507. The molecule has 1 aromatic carbocycles. The zero-order valence-electron chi connectivity index (χ0n) is 11.2. The lowest BCUT2D eigenvalue weighted by molar-refractivity contribution is 0.719. The smallest absolute Gasteiger partial charge is 0.202 e. The van der Waals surface area contributed by atoms with E-state index in [2.05, 4.69) is 9.97 Å². The summed E-state index contributed by atoms with van der Waals surface area (Å²) in [6.07, 6.45) is 0.864. The summed E-state index contributed by atoms with van der Waals surface area (Å²) >= 11 is 5.89. The van der Waals surface area contributed by atoms with E-state index in [-0.39, 0.29) is 0 Å². The Morgan fingerprint density at radius 1 is 1.10 bits per heavy atom. The Labute approximate surface area is 122 Å². The van der Waals surface area contributed by atoms with Crippen molar-refractivity contribution in [3.05, 3.63) is 52.7 Å². The number of aromatic nitrogens is 3. The second kappa shape index (κ2) is 5.13. The van der Waals surface area contributed by atoms with Crippen LogP contribution in [0.4, 0.5) is 5.95 Å². The standard InChI is InChI=1S/C15H15ClN4/c1-10-2-7-13-14(18-10)20(15(17)19-13)9-8-11-3-5-12(16)6-4-11/h2-7H,8-9H2,1H3,(H2,17,19). The van der Waals surface area contributed by atoms with Crippen LogP contribution in [0.3, 0.4) is 0 Å². The van der Waals surface area contributed by atoms with Crippen LogP contribution in [-0.2, 0) is 13.0 Å². The summed E-state index contributed by atoms with van der Waals surface area (Å²) in [5, 5.41) is 0.749. The summed E-state index contributed by atoms with van der Waals surface area (Å²) in [4.78, 5) is 8.86. The lowest BCUT2D eigenvalue weighted by Crippen LogP contribution is -2.06. The van der Waals surface area contributed by atoms with E-state index in [1.165, 1.54) is 5.56 Å². The highest BCUT2D eigenvalue weighted by Crippen LogP contribution is 2.17. The molecule has 3 aromatic rings. The SMILES string of the molecule is Cc1ccc2nc(N)n(CCc3ccc(Cl)cc3)c2n1. The number of halogens is 1. The molecule has 0 radical (unpaired) electrons. The van der Waals surface area contributed by atoms with Gasteiger partial charge < -0.3 is 5.73 Å². The van der Waals surface area contributed by atoms with Crippen LogP contribution in [0.1, 0.15) is 11.3 Å². The average molecular weight is 287 g/mol. The number of hydrogen-bond donors (Lipinski definition) is 1. The third kappa shape index (κ3) is 2.47. The molecule has 0 spiro atoms. The summed E-state index contributed by atoms with van der Waals surface area (Å²) in [7, 11) is 0. The van der Waals surface area contributed by atoms with Crippen LogP contribution in [0.2, 0.25) is 5.02 Å². The molecule has 0 unspecified atom stereocenters. The Morgan fingerprint density at radius 2 is 1.85 bits per heavy atom. The van der Waals surface area contributed by atoms with Crippen molar-refractivity contribution in [3.8, 4) is 0 Å². The Balaban J connectivity index is 1.88. The molecule has 0 saturated carbocycles. The third-order valence-corrected chi connectivity index (χ3v) is 3.55. The first-order valence-corrected chi connectivity index (χ1v) is 6.85. The number of anilines is 1. The lowest BCUT2D eigenvalue weighted by atomic mass is 10.1. The molecule has 102 valence electrons. The molecule has 0 aliphatic heterocycles. The van der Waals surface area contributed by atoms with Crippen molar-refractivity contribution in [3.63, 3.8) is 0 Å². The maximum Gasteiger partial charge on any atom is 0.202 e. The van der Waals surface area contributed by atoms with Gasteiger partial charge in [0, 0.05) is 17.3 Å². The number of imidazole rings is 1. The number of benzene rings is 1. The fourth-order valence-electron chi connectivity index (χ4n) is 2.23. The Morgan fingerprint density at radius 3 is 2.60 bits per heavy atom. The molecule has 4 nitrogen and oxygen atoms in total. The van der Waals surface area contributed by atoms with Crippen LogP contribution < -0.4 is 5.73 Å². The predicted octanol–water partition coefficient (Wildman–Crippen LogP) is 3.22. The van der Waals surface area contributed by atoms with Crippen molar-refractivity contribution < 1.29 is 0 Å². The van der Waals surface area contributed by atoms with E-state index in [1.807, 2.05) is 47.9 Å². The number of nitrogens with two attached hydrogens (primary N) is 1. The highest BCUT2D eigenvalue weighted by molar-refractivity contribution is 6.30. The van der Waals surface area contributed by atoms with E-state index in [9.17, 15) is 0 Å². The zero-order valence-corrected chi connectivity index (χ0v) is 11.9. The number of nitrogen functional groups attached to an aromatic ring is 1. The van der Waals surface area contributed by atoms with E-state index in [1.54, 1.807) is 0 Å². The summed E-state index contributed by atoms with van der Waals surface area (Å²) in [6.45, 7) is 2.71. The highest BCUT2D eigenvalue weighted by atomic mass is 35.5. The minimum atomic E-state index is 0.507. The highest BCUT2D eigenvalue weighted by Gasteiger charge is 2.09. The van der Waals surface area contributed by atoms with Gasteiger partial charge in [-0.3, -0.25) is 4.57 Å². The van der Waals surface area contributed by atoms with Crippen LogP contribution in [0.15, 0.2) is 36.4 Å². The first-order chi connectivity index (χ1) is 9.63. The first-order valence-electron chi connectivity index (χ1n) is 6.47. The quantitative estimate of drug-likeness (QED) is 0.804. The van der Waals surface area contributed by atoms with E-state index in [0.29, 0.717) is 5.95 Å². The average Bonchev–Trinajstić information content (AvgIpc) is 2.73. The number of pyridine rings is 1. The van der Waals surface area contributed by atoms with Gasteiger partial charge >= 0.3 is 0 Å². The number of fused-ring (bicyclic) bond motifs is 1. The van der Waals surface area contributed by atoms with E-state index in [0.717, 1.165) is 34.8 Å². The van der Waals surface area contributed by atoms with Crippen LogP contribution >= 0.6 is 11.6 Å². The van der Waals surface area contributed by atoms with Gasteiger partial charge in [-0.2, -0.15) is 0 Å². The summed E-state index contributed by atoms with van der Waals surface area (Å²) < 4.78 is 1.96. The molecule has 0 aliphatic rings. The molecule has 0 bridgehead atoms. The molecular weight excluding hydrogens is 272 g/mol. The van der Waals surface area contributed by atoms with Crippen molar-refractivity contribution >= 4 is 28.7 Å². The molecule has 20 heavy (non-hydrogen) atoms. The second-order valence-corrected chi connectivity index (χ2v) is 5.23. The molecule has 0 fully saturated rings. The second-order valence-electron chi connectivity index (χ2n) is 4.79. The fourth-order valence-corrected chi connectivity index (χ4v) is 2.35. The predicted molar refractivity (Wildman–Crippen MR) is 81.8 cm³/mol. The maximum absolute atomic E-state index is 5.98. The van der Waals surface area contributed by atoms with Crippen LogP contribution in [-0.4, -0.2) is 14.5 Å². The van der Waals surface area contributed by atoms with Gasteiger partial charge in [0.1, 0.15) is 5.52 Å². The monoisotopic (exact) mass is 286 g/mol. The maximum atomic E-state index is 5.98. The largest absolute Gasteiger partial charge is 0.369 e. The van der Waals surface area contributed by atoms with Crippen LogP contribution in [0, 0.1) is 6.92 Å². The molecular formula is C15H15ClN4. The molecule has 0 saturated heterocycles. The minimum Gasteiger partial charge on any atom is -0.369 e. The molecule has 3 rings (SSSR count). The van der Waals surface area contributed by atoms with Crippen molar-refractivity contribution in [2.24, 2.45) is 0 Å². The van der Waals surface area contributed by atoms with Gasteiger partial charge in [0.05, 0.1) is 0 Å². The van der Waals surface area contributed by atoms with Crippen LogP contribution in [0.25, 0.3) is 11.2 Å². The van der Waals surface area contributed by atoms with Crippen LogP contribution in [0.5, 0.6) is 0 Å². The Kier molecular flexibility index (Phi) is 3.32. The molecule has 0 atom stereocenters. The van der Waals surface area contributed by atoms with Gasteiger partial charge in [-0.25, -0.2) is 9.97 Å². The zero-order chi connectivity index (χ0) is 14.1. The molecule has 2 aromatic heterocycles. The molecule has 0 aliphatic carbocycles. The van der Waals surface area contributed by atoms with Gasteiger partial charge in [0.2, 0.25) is 5.95 Å². The number of rotatable bonds is 3. The first kappa shape index (κ1) is 12.9. The number of nitrogens with zero attached hydrogens (tertiary/aromatic N) is 3. The lowest BCUT2D eigenvalue weighted by Gasteiger charge is -2.06. The van der Waals surface area contributed by atoms with Crippen molar-refractivity contribution in [2.45, 2.75) is 19.9 Å². The van der Waals surface area contributed by atoms with E-state index < -0.39 is 0 Å². The summed E-state index contributed by atoms with van der Waals surface area (Å²) in [6, 6.07) is 11.7. The number of aryl methyl sites for hydroxylation is 3. The fraction of sp³-hybridized carbons (Fsp3) is 0.200. The molecule has 2 N–H and O–H groups in total.